The van der Waals surface area contributed by atoms with Crippen molar-refractivity contribution in [3.63, 3.8) is 0 Å². The molecule has 0 bridgehead atoms. The van der Waals surface area contributed by atoms with Gasteiger partial charge in [-0.15, -0.1) is 11.3 Å². The lowest BCUT2D eigenvalue weighted by atomic mass is 9.97. The third-order valence-electron chi connectivity index (χ3n) is 3.39. The van der Waals surface area contributed by atoms with Gasteiger partial charge < -0.3 is 10.0 Å². The summed E-state index contributed by atoms with van der Waals surface area (Å²) < 4.78 is 0.824. The van der Waals surface area contributed by atoms with Gasteiger partial charge in [0.1, 0.15) is 4.88 Å². The van der Waals surface area contributed by atoms with Crippen LogP contribution < -0.4 is 0 Å². The second-order valence-electron chi connectivity index (χ2n) is 4.68. The van der Waals surface area contributed by atoms with Crippen LogP contribution in [-0.2, 0) is 4.79 Å². The zero-order chi connectivity index (χ0) is 13.8. The van der Waals surface area contributed by atoms with Crippen molar-refractivity contribution in [1.82, 2.24) is 4.90 Å². The van der Waals surface area contributed by atoms with Gasteiger partial charge in [-0.25, -0.2) is 0 Å². The molecule has 1 N–H and O–H groups in total. The van der Waals surface area contributed by atoms with Crippen LogP contribution >= 0.6 is 27.3 Å². The van der Waals surface area contributed by atoms with E-state index in [4.69, 9.17) is 5.11 Å². The number of rotatable bonds is 4. The van der Waals surface area contributed by atoms with E-state index in [2.05, 4.69) is 15.9 Å². The van der Waals surface area contributed by atoms with Crippen molar-refractivity contribution < 1.29 is 14.7 Å². The summed E-state index contributed by atoms with van der Waals surface area (Å²) in [7, 11) is 0. The molecule has 104 valence electrons. The highest BCUT2D eigenvalue weighted by Crippen LogP contribution is 2.28. The number of nitrogens with zero attached hydrogens (tertiary/aromatic N) is 1. The molecule has 4 nitrogen and oxygen atoms in total. The second kappa shape index (κ2) is 6.52. The summed E-state index contributed by atoms with van der Waals surface area (Å²) in [6.45, 7) is 0.730. The predicted molar refractivity (Wildman–Crippen MR) is 77.6 cm³/mol. The fraction of sp³-hybridized carbons (Fsp3) is 0.538. The van der Waals surface area contributed by atoms with Crippen molar-refractivity contribution >= 4 is 39.1 Å². The maximum absolute atomic E-state index is 12.5. The summed E-state index contributed by atoms with van der Waals surface area (Å²) in [5.74, 6) is -0.771. The van der Waals surface area contributed by atoms with Gasteiger partial charge in [0.05, 0.1) is 0 Å². The van der Waals surface area contributed by atoms with Crippen molar-refractivity contribution in [1.29, 1.82) is 0 Å². The smallest absolute Gasteiger partial charge is 0.303 e. The molecule has 0 saturated carbocycles. The number of likely N-dealkylation sites (tertiary alicyclic amines) is 1. The fourth-order valence-corrected chi connectivity index (χ4v) is 3.93. The SMILES string of the molecule is O=C(O)CCC1CCCCN1C(=O)c1sccc1Br. The number of carbonyl (C=O) groups is 2. The summed E-state index contributed by atoms with van der Waals surface area (Å²) >= 11 is 4.81. The Balaban J connectivity index is 2.08. The lowest BCUT2D eigenvalue weighted by Gasteiger charge is -2.35. The van der Waals surface area contributed by atoms with Gasteiger partial charge in [0.2, 0.25) is 0 Å². The van der Waals surface area contributed by atoms with Crippen molar-refractivity contribution in [3.8, 4) is 0 Å². The molecule has 1 aliphatic rings. The quantitative estimate of drug-likeness (QED) is 0.909. The van der Waals surface area contributed by atoms with Crippen LogP contribution in [0.3, 0.4) is 0 Å². The molecule has 0 aliphatic carbocycles. The van der Waals surface area contributed by atoms with Gasteiger partial charge in [-0.3, -0.25) is 9.59 Å². The number of hydrogen-bond acceptors (Lipinski definition) is 3. The number of thiophene rings is 1. The van der Waals surface area contributed by atoms with E-state index in [0.717, 1.165) is 30.3 Å². The Bertz CT molecular complexity index is 474. The first kappa shape index (κ1) is 14.5. The largest absolute Gasteiger partial charge is 0.481 e. The van der Waals surface area contributed by atoms with Gasteiger partial charge in [-0.2, -0.15) is 0 Å². The Hall–Kier alpha value is -0.880. The molecule has 19 heavy (non-hydrogen) atoms. The molecule has 2 heterocycles. The van der Waals surface area contributed by atoms with E-state index in [1.54, 1.807) is 0 Å². The van der Waals surface area contributed by atoms with E-state index >= 15 is 0 Å². The van der Waals surface area contributed by atoms with E-state index in [1.807, 2.05) is 16.3 Å². The van der Waals surface area contributed by atoms with Crippen LogP contribution in [0.5, 0.6) is 0 Å². The lowest BCUT2D eigenvalue weighted by Crippen LogP contribution is -2.43. The Kier molecular flexibility index (Phi) is 4.99. The first-order valence-electron chi connectivity index (χ1n) is 6.35. The second-order valence-corrected chi connectivity index (χ2v) is 6.45. The molecule has 1 fully saturated rings. The van der Waals surface area contributed by atoms with Crippen molar-refractivity contribution in [2.45, 2.75) is 38.1 Å². The molecular weight excluding hydrogens is 330 g/mol. The zero-order valence-corrected chi connectivity index (χ0v) is 12.9. The highest BCUT2D eigenvalue weighted by Gasteiger charge is 2.29. The molecular formula is C13H16BrNO3S. The predicted octanol–water partition coefficient (Wildman–Crippen LogP) is 3.37. The minimum Gasteiger partial charge on any atom is -0.481 e. The highest BCUT2D eigenvalue weighted by atomic mass is 79.9. The molecule has 6 heteroatoms. The molecule has 1 atom stereocenters. The number of carbonyl (C=O) groups excluding carboxylic acids is 1. The zero-order valence-electron chi connectivity index (χ0n) is 10.5. The summed E-state index contributed by atoms with van der Waals surface area (Å²) in [6.07, 6.45) is 3.64. The standard InChI is InChI=1S/C13H16BrNO3S/c14-10-6-8-19-12(10)13(18)15-7-2-1-3-9(15)4-5-11(16)17/h6,8-9H,1-5,7H2,(H,16,17). The van der Waals surface area contributed by atoms with E-state index in [0.29, 0.717) is 11.3 Å². The number of amides is 1. The molecule has 1 aromatic rings. The van der Waals surface area contributed by atoms with Crippen molar-refractivity contribution in [2.24, 2.45) is 0 Å². The van der Waals surface area contributed by atoms with E-state index < -0.39 is 5.97 Å². The number of hydrogen-bond donors (Lipinski definition) is 1. The maximum atomic E-state index is 12.5. The number of halogens is 1. The Morgan fingerprint density at radius 3 is 2.89 bits per heavy atom. The van der Waals surface area contributed by atoms with E-state index in [9.17, 15) is 9.59 Å². The summed E-state index contributed by atoms with van der Waals surface area (Å²) in [5, 5.41) is 10.7. The Morgan fingerprint density at radius 1 is 1.47 bits per heavy atom. The topological polar surface area (TPSA) is 57.6 Å². The fourth-order valence-electron chi connectivity index (χ4n) is 2.43. The van der Waals surface area contributed by atoms with Crippen molar-refractivity contribution in [3.05, 3.63) is 20.8 Å². The Morgan fingerprint density at radius 2 is 2.26 bits per heavy atom. The minimum atomic E-state index is -0.796. The van der Waals surface area contributed by atoms with Gasteiger partial charge in [0.25, 0.3) is 5.91 Å². The molecule has 0 spiro atoms. The molecule has 1 saturated heterocycles. The molecule has 1 aromatic heterocycles. The number of carboxylic acids is 1. The number of piperidine rings is 1. The highest BCUT2D eigenvalue weighted by molar-refractivity contribution is 9.10. The normalized spacial score (nSPS) is 19.4. The molecule has 1 aliphatic heterocycles. The van der Waals surface area contributed by atoms with Gasteiger partial charge in [0.15, 0.2) is 0 Å². The molecule has 0 radical (unpaired) electrons. The van der Waals surface area contributed by atoms with Crippen LogP contribution in [0.2, 0.25) is 0 Å². The number of aliphatic carboxylic acids is 1. The number of carboxylic acid groups (broad SMARTS) is 1. The lowest BCUT2D eigenvalue weighted by molar-refractivity contribution is -0.137. The van der Waals surface area contributed by atoms with Crippen LogP contribution in [0.25, 0.3) is 0 Å². The van der Waals surface area contributed by atoms with Crippen LogP contribution in [0.15, 0.2) is 15.9 Å². The van der Waals surface area contributed by atoms with Crippen LogP contribution in [0, 0.1) is 0 Å². The van der Waals surface area contributed by atoms with Crippen LogP contribution in [-0.4, -0.2) is 34.5 Å². The van der Waals surface area contributed by atoms with Gasteiger partial charge in [-0.1, -0.05) is 0 Å². The average Bonchev–Trinajstić information content (AvgIpc) is 2.82. The average molecular weight is 346 g/mol. The maximum Gasteiger partial charge on any atom is 0.303 e. The van der Waals surface area contributed by atoms with Gasteiger partial charge in [-0.05, 0) is 53.1 Å². The van der Waals surface area contributed by atoms with Crippen LogP contribution in [0.1, 0.15) is 41.8 Å². The Labute approximate surface area is 124 Å². The third kappa shape index (κ3) is 3.57. The molecule has 1 amide bonds. The van der Waals surface area contributed by atoms with Gasteiger partial charge in [0, 0.05) is 23.5 Å². The minimum absolute atomic E-state index is 0.0250. The van der Waals surface area contributed by atoms with Gasteiger partial charge >= 0.3 is 5.97 Å². The summed E-state index contributed by atoms with van der Waals surface area (Å²) in [6, 6.07) is 1.93. The van der Waals surface area contributed by atoms with Crippen molar-refractivity contribution in [2.75, 3.05) is 6.54 Å². The third-order valence-corrected chi connectivity index (χ3v) is 5.22. The first-order valence-corrected chi connectivity index (χ1v) is 8.02. The summed E-state index contributed by atoms with van der Waals surface area (Å²) in [4.78, 5) is 25.7. The van der Waals surface area contributed by atoms with E-state index in [1.165, 1.54) is 11.3 Å². The molecule has 1 unspecified atom stereocenters. The molecule has 2 rings (SSSR count). The van der Waals surface area contributed by atoms with E-state index in [-0.39, 0.29) is 18.4 Å². The van der Waals surface area contributed by atoms with Crippen LogP contribution in [0.4, 0.5) is 0 Å². The monoisotopic (exact) mass is 345 g/mol. The first-order chi connectivity index (χ1) is 9.09. The molecule has 0 aromatic carbocycles. The summed E-state index contributed by atoms with van der Waals surface area (Å²) in [5.41, 5.74) is 0.